The van der Waals surface area contributed by atoms with Crippen molar-refractivity contribution >= 4 is 11.6 Å². The van der Waals surface area contributed by atoms with Crippen molar-refractivity contribution in [3.8, 4) is 17.2 Å². The first kappa shape index (κ1) is 21.4. The standard InChI is InChI=1S/C25H26O5/c1-15(2)8-7-9-16(3)12-18(26)23-19(27)14-22-24(25(23)29)20(28)13-21(30-22)17-10-5-4-6-11-17/h4-6,8,10-12,14,21,27,29H,7,9,13H2,1-3H3/b16-12+/t21-/m0/s1. The fourth-order valence-electron chi connectivity index (χ4n) is 3.51. The minimum absolute atomic E-state index is 0.0422. The van der Waals surface area contributed by atoms with Crippen LogP contribution in [0.15, 0.2) is 59.7 Å². The van der Waals surface area contributed by atoms with Crippen LogP contribution in [0.3, 0.4) is 0 Å². The highest BCUT2D eigenvalue weighted by atomic mass is 16.5. The van der Waals surface area contributed by atoms with Crippen molar-refractivity contribution in [2.45, 2.75) is 46.1 Å². The van der Waals surface area contributed by atoms with E-state index in [1.54, 1.807) is 0 Å². The van der Waals surface area contributed by atoms with Gasteiger partial charge in [-0.3, -0.25) is 9.59 Å². The van der Waals surface area contributed by atoms with Gasteiger partial charge in [0.1, 0.15) is 34.5 Å². The van der Waals surface area contributed by atoms with Crippen molar-refractivity contribution in [1.82, 2.24) is 0 Å². The van der Waals surface area contributed by atoms with Gasteiger partial charge in [0.15, 0.2) is 11.6 Å². The van der Waals surface area contributed by atoms with E-state index in [9.17, 15) is 19.8 Å². The molecule has 2 aromatic rings. The summed E-state index contributed by atoms with van der Waals surface area (Å²) in [4.78, 5) is 25.5. The molecule has 156 valence electrons. The molecule has 1 aliphatic rings. The van der Waals surface area contributed by atoms with Crippen LogP contribution >= 0.6 is 0 Å². The molecule has 0 unspecified atom stereocenters. The summed E-state index contributed by atoms with van der Waals surface area (Å²) in [5.74, 6) is -1.73. The molecule has 5 heteroatoms. The Hall–Kier alpha value is -3.34. The summed E-state index contributed by atoms with van der Waals surface area (Å²) in [5.41, 5.74) is 2.52. The number of aromatic hydroxyl groups is 2. The Kier molecular flexibility index (Phi) is 6.40. The molecule has 0 saturated heterocycles. The van der Waals surface area contributed by atoms with Gasteiger partial charge in [-0.25, -0.2) is 0 Å². The molecular weight excluding hydrogens is 380 g/mol. The lowest BCUT2D eigenvalue weighted by Crippen LogP contribution is -2.21. The minimum atomic E-state index is -0.541. The molecule has 0 saturated carbocycles. The molecule has 5 nitrogen and oxygen atoms in total. The van der Waals surface area contributed by atoms with E-state index in [1.807, 2.05) is 51.1 Å². The molecule has 2 aromatic carbocycles. The summed E-state index contributed by atoms with van der Waals surface area (Å²) in [6.45, 7) is 5.84. The summed E-state index contributed by atoms with van der Waals surface area (Å²) in [6, 6.07) is 10.5. The molecule has 0 fully saturated rings. The maximum Gasteiger partial charge on any atom is 0.193 e. The van der Waals surface area contributed by atoms with Crippen molar-refractivity contribution in [3.63, 3.8) is 0 Å². The maximum atomic E-state index is 12.7. The van der Waals surface area contributed by atoms with Crippen LogP contribution in [0.1, 0.15) is 72.4 Å². The number of Topliss-reactive ketones (excluding diaryl/α,β-unsaturated/α-hetero) is 1. The van der Waals surface area contributed by atoms with Gasteiger partial charge in [0, 0.05) is 6.07 Å². The second-order valence-electron chi connectivity index (χ2n) is 7.81. The molecule has 2 N–H and O–H groups in total. The Morgan fingerprint density at radius 2 is 1.87 bits per heavy atom. The highest BCUT2D eigenvalue weighted by molar-refractivity contribution is 6.13. The summed E-state index contributed by atoms with van der Waals surface area (Å²) >= 11 is 0. The van der Waals surface area contributed by atoms with Gasteiger partial charge in [-0.05, 0) is 45.3 Å². The number of carbonyl (C=O) groups is 2. The zero-order valence-corrected chi connectivity index (χ0v) is 17.4. The van der Waals surface area contributed by atoms with Crippen molar-refractivity contribution in [2.75, 3.05) is 0 Å². The predicted octanol–water partition coefficient (Wildman–Crippen LogP) is 5.68. The van der Waals surface area contributed by atoms with Crippen LogP contribution in [0.2, 0.25) is 0 Å². The Labute approximate surface area is 176 Å². The topological polar surface area (TPSA) is 83.8 Å². The number of ketones is 2. The number of allylic oxidation sites excluding steroid dienone is 4. The number of rotatable bonds is 6. The third-order valence-electron chi connectivity index (χ3n) is 5.05. The van der Waals surface area contributed by atoms with Crippen LogP contribution in [-0.4, -0.2) is 21.8 Å². The highest BCUT2D eigenvalue weighted by Gasteiger charge is 2.33. The normalized spacial score (nSPS) is 15.9. The molecule has 0 aromatic heterocycles. The molecule has 0 radical (unpaired) electrons. The van der Waals surface area contributed by atoms with Crippen LogP contribution < -0.4 is 4.74 Å². The minimum Gasteiger partial charge on any atom is -0.507 e. The summed E-state index contributed by atoms with van der Waals surface area (Å²) in [7, 11) is 0. The monoisotopic (exact) mass is 406 g/mol. The van der Waals surface area contributed by atoms with E-state index in [1.165, 1.54) is 17.7 Å². The van der Waals surface area contributed by atoms with Gasteiger partial charge in [-0.1, -0.05) is 47.6 Å². The van der Waals surface area contributed by atoms with E-state index in [0.29, 0.717) is 6.42 Å². The number of fused-ring (bicyclic) bond motifs is 1. The zero-order chi connectivity index (χ0) is 21.8. The van der Waals surface area contributed by atoms with Gasteiger partial charge >= 0.3 is 0 Å². The summed E-state index contributed by atoms with van der Waals surface area (Å²) in [5, 5.41) is 21.1. The van der Waals surface area contributed by atoms with Crippen LogP contribution in [0.25, 0.3) is 0 Å². The number of hydrogen-bond acceptors (Lipinski definition) is 5. The summed E-state index contributed by atoms with van der Waals surface area (Å²) < 4.78 is 5.87. The van der Waals surface area contributed by atoms with E-state index < -0.39 is 23.4 Å². The Morgan fingerprint density at radius 1 is 1.17 bits per heavy atom. The lowest BCUT2D eigenvalue weighted by Gasteiger charge is -2.26. The van der Waals surface area contributed by atoms with Crippen LogP contribution in [-0.2, 0) is 0 Å². The first-order valence-corrected chi connectivity index (χ1v) is 9.96. The van der Waals surface area contributed by atoms with Gasteiger partial charge in [0.25, 0.3) is 0 Å². The average molecular weight is 406 g/mol. The SMILES string of the molecule is CC(C)=CCC/C(C)=C/C(=O)c1c(O)cc2c(c1O)C(=O)C[C@@H](c1ccccc1)O2. The van der Waals surface area contributed by atoms with E-state index in [4.69, 9.17) is 4.74 Å². The average Bonchev–Trinajstić information content (AvgIpc) is 2.67. The number of phenols is 2. The smallest absolute Gasteiger partial charge is 0.193 e. The van der Waals surface area contributed by atoms with Crippen molar-refractivity contribution in [3.05, 3.63) is 76.4 Å². The maximum absolute atomic E-state index is 12.7. The molecule has 0 amide bonds. The molecule has 30 heavy (non-hydrogen) atoms. The Balaban J connectivity index is 1.89. The van der Waals surface area contributed by atoms with Gasteiger partial charge in [0.05, 0.1) is 6.42 Å². The number of hydrogen-bond donors (Lipinski definition) is 2. The van der Waals surface area contributed by atoms with Crippen LogP contribution in [0.4, 0.5) is 0 Å². The van der Waals surface area contributed by atoms with E-state index in [-0.39, 0.29) is 29.1 Å². The number of carbonyl (C=O) groups excluding carboxylic acids is 2. The van der Waals surface area contributed by atoms with Gasteiger partial charge in [-0.2, -0.15) is 0 Å². The zero-order valence-electron chi connectivity index (χ0n) is 17.4. The second kappa shape index (κ2) is 8.99. The lowest BCUT2D eigenvalue weighted by molar-refractivity contribution is 0.0844. The lowest BCUT2D eigenvalue weighted by atomic mass is 9.92. The Bertz CT molecular complexity index is 1030. The quantitative estimate of drug-likeness (QED) is 0.366. The first-order chi connectivity index (χ1) is 14.3. The van der Waals surface area contributed by atoms with Crippen LogP contribution in [0.5, 0.6) is 17.2 Å². The van der Waals surface area contributed by atoms with Gasteiger partial charge in [-0.15, -0.1) is 0 Å². The van der Waals surface area contributed by atoms with Gasteiger partial charge < -0.3 is 14.9 Å². The molecule has 1 heterocycles. The van der Waals surface area contributed by atoms with E-state index >= 15 is 0 Å². The van der Waals surface area contributed by atoms with E-state index in [2.05, 4.69) is 6.08 Å². The fourth-order valence-corrected chi connectivity index (χ4v) is 3.51. The molecule has 0 spiro atoms. The fraction of sp³-hybridized carbons (Fsp3) is 0.280. The van der Waals surface area contributed by atoms with Crippen LogP contribution in [0, 0.1) is 0 Å². The van der Waals surface area contributed by atoms with E-state index in [0.717, 1.165) is 17.6 Å². The molecular formula is C25H26O5. The third kappa shape index (κ3) is 4.62. The largest absolute Gasteiger partial charge is 0.507 e. The van der Waals surface area contributed by atoms with Crippen molar-refractivity contribution < 1.29 is 24.5 Å². The van der Waals surface area contributed by atoms with Crippen molar-refractivity contribution in [1.29, 1.82) is 0 Å². The Morgan fingerprint density at radius 3 is 2.53 bits per heavy atom. The van der Waals surface area contributed by atoms with Gasteiger partial charge in [0.2, 0.25) is 0 Å². The first-order valence-electron chi connectivity index (χ1n) is 9.96. The second-order valence-corrected chi connectivity index (χ2v) is 7.81. The van der Waals surface area contributed by atoms with Crippen molar-refractivity contribution in [2.24, 2.45) is 0 Å². The highest BCUT2D eigenvalue weighted by Crippen LogP contribution is 2.44. The number of ether oxygens (including phenoxy) is 1. The molecule has 0 aliphatic carbocycles. The summed E-state index contributed by atoms with van der Waals surface area (Å²) in [6.07, 6.45) is 4.48. The molecule has 3 rings (SSSR count). The molecule has 1 aliphatic heterocycles. The number of phenolic OH excluding ortho intramolecular Hbond substituents is 2. The predicted molar refractivity (Wildman–Crippen MR) is 115 cm³/mol. The number of benzene rings is 2. The third-order valence-corrected chi connectivity index (χ3v) is 5.05. The molecule has 1 atom stereocenters. The molecule has 0 bridgehead atoms.